The number of fused-ring (bicyclic) bond motifs is 1. The van der Waals surface area contributed by atoms with Crippen LogP contribution < -0.4 is 10.2 Å². The van der Waals surface area contributed by atoms with Crippen LogP contribution in [0.4, 0.5) is 0 Å². The standard InChI is InChI=1S/C27H30O15/c28-8-17-20(33)22(35)24(37)26(40-17)42-25-23(36)21(34)18(9-29)41-27(25)38-12-5-13(31)19-14(32)7-15(39-16(19)6-12)10-1-3-11(30)4-2-10/h1-7,17-18,20-31,33-37H,8-9H2. The van der Waals surface area contributed by atoms with Gasteiger partial charge in [0, 0.05) is 23.8 Å². The number of hydrogen-bond donors (Lipinski definition) is 9. The second kappa shape index (κ2) is 12.1. The lowest BCUT2D eigenvalue weighted by atomic mass is 9.97. The van der Waals surface area contributed by atoms with Gasteiger partial charge in [0.25, 0.3) is 0 Å². The second-order valence-corrected chi connectivity index (χ2v) is 9.96. The second-order valence-electron chi connectivity index (χ2n) is 9.96. The Bertz CT molecular complexity index is 1440. The molecule has 2 fully saturated rings. The molecule has 2 aromatic carbocycles. The van der Waals surface area contributed by atoms with Gasteiger partial charge in [-0.1, -0.05) is 0 Å². The van der Waals surface area contributed by atoms with E-state index in [0.29, 0.717) is 5.56 Å². The number of rotatable bonds is 7. The molecular weight excluding hydrogens is 564 g/mol. The maximum atomic E-state index is 12.8. The molecule has 1 aromatic heterocycles. The van der Waals surface area contributed by atoms with Crippen molar-refractivity contribution in [2.75, 3.05) is 13.2 Å². The maximum Gasteiger partial charge on any atom is 0.229 e. The first kappa shape index (κ1) is 30.1. The SMILES string of the molecule is O=c1cc(-c2ccc(O)cc2)oc2cc(OC3OC(CO)C(O)C(O)C3OC3OC(CO)C(O)C(O)C3O)cc(O)c12. The third kappa shape index (κ3) is 5.67. The van der Waals surface area contributed by atoms with Crippen molar-refractivity contribution in [2.24, 2.45) is 0 Å². The summed E-state index contributed by atoms with van der Waals surface area (Å²) in [7, 11) is 0. The van der Waals surface area contributed by atoms with Crippen LogP contribution in [0.25, 0.3) is 22.3 Å². The number of phenolic OH excluding ortho intramolecular Hbond substituents is 2. The van der Waals surface area contributed by atoms with Crippen molar-refractivity contribution in [3.8, 4) is 28.6 Å². The summed E-state index contributed by atoms with van der Waals surface area (Å²) in [5, 5.41) is 90.9. The zero-order valence-electron chi connectivity index (χ0n) is 21.7. The Morgan fingerprint density at radius 2 is 1.36 bits per heavy atom. The Kier molecular flexibility index (Phi) is 8.68. The lowest BCUT2D eigenvalue weighted by molar-refractivity contribution is -0.357. The van der Waals surface area contributed by atoms with E-state index >= 15 is 0 Å². The molecule has 42 heavy (non-hydrogen) atoms. The van der Waals surface area contributed by atoms with E-state index in [9.17, 15) is 50.8 Å². The average Bonchev–Trinajstić information content (AvgIpc) is 2.96. The van der Waals surface area contributed by atoms with Gasteiger partial charge in [-0.05, 0) is 24.3 Å². The van der Waals surface area contributed by atoms with Gasteiger partial charge < -0.3 is 69.3 Å². The molecule has 0 radical (unpaired) electrons. The van der Waals surface area contributed by atoms with E-state index in [0.717, 1.165) is 12.1 Å². The van der Waals surface area contributed by atoms with Crippen LogP contribution in [0, 0.1) is 0 Å². The number of ether oxygens (including phenoxy) is 4. The molecule has 5 rings (SSSR count). The summed E-state index contributed by atoms with van der Waals surface area (Å²) in [5.41, 5.74) is -0.244. The van der Waals surface area contributed by atoms with Crippen LogP contribution in [-0.4, -0.2) is 121 Å². The molecule has 0 saturated carbocycles. The fraction of sp³-hybridized carbons (Fsp3) is 0.444. The molecule has 0 bridgehead atoms. The van der Waals surface area contributed by atoms with Gasteiger partial charge >= 0.3 is 0 Å². The monoisotopic (exact) mass is 594 g/mol. The first-order chi connectivity index (χ1) is 20.0. The van der Waals surface area contributed by atoms with Crippen molar-refractivity contribution >= 4 is 11.0 Å². The van der Waals surface area contributed by atoms with E-state index in [-0.39, 0.29) is 28.2 Å². The normalized spacial score (nSPS) is 33.5. The van der Waals surface area contributed by atoms with Crippen LogP contribution in [-0.2, 0) is 14.2 Å². The number of benzene rings is 2. The number of aliphatic hydroxyl groups excluding tert-OH is 7. The van der Waals surface area contributed by atoms with E-state index in [2.05, 4.69) is 0 Å². The third-order valence-corrected chi connectivity index (χ3v) is 7.15. The number of aromatic hydroxyl groups is 2. The third-order valence-electron chi connectivity index (χ3n) is 7.15. The molecule has 0 amide bonds. The van der Waals surface area contributed by atoms with E-state index < -0.39 is 85.8 Å². The van der Waals surface area contributed by atoms with Crippen LogP contribution in [0.3, 0.4) is 0 Å². The first-order valence-electron chi connectivity index (χ1n) is 12.9. The van der Waals surface area contributed by atoms with Crippen LogP contribution in [0.1, 0.15) is 0 Å². The quantitative estimate of drug-likeness (QED) is 0.142. The summed E-state index contributed by atoms with van der Waals surface area (Å²) in [4.78, 5) is 12.8. The molecule has 2 saturated heterocycles. The highest BCUT2D eigenvalue weighted by Crippen LogP contribution is 2.35. The van der Waals surface area contributed by atoms with Gasteiger partial charge in [-0.25, -0.2) is 0 Å². The van der Waals surface area contributed by atoms with Gasteiger partial charge in [-0.15, -0.1) is 0 Å². The molecule has 0 aliphatic carbocycles. The van der Waals surface area contributed by atoms with Gasteiger partial charge in [-0.3, -0.25) is 4.79 Å². The van der Waals surface area contributed by atoms with Crippen LogP contribution >= 0.6 is 0 Å². The molecule has 2 aliphatic heterocycles. The van der Waals surface area contributed by atoms with Crippen molar-refractivity contribution in [1.29, 1.82) is 0 Å². The zero-order chi connectivity index (χ0) is 30.3. The van der Waals surface area contributed by atoms with E-state index in [1.165, 1.54) is 30.3 Å². The maximum absolute atomic E-state index is 12.8. The number of aliphatic hydroxyl groups is 7. The average molecular weight is 595 g/mol. The molecule has 2 aliphatic rings. The van der Waals surface area contributed by atoms with Gasteiger partial charge in [-0.2, -0.15) is 0 Å². The van der Waals surface area contributed by atoms with Gasteiger partial charge in [0.2, 0.25) is 6.29 Å². The van der Waals surface area contributed by atoms with Crippen LogP contribution in [0.15, 0.2) is 51.7 Å². The molecular formula is C27H30O15. The summed E-state index contributed by atoms with van der Waals surface area (Å²) in [6.07, 6.45) is -16.7. The van der Waals surface area contributed by atoms with Crippen LogP contribution in [0.2, 0.25) is 0 Å². The number of hydrogen-bond acceptors (Lipinski definition) is 15. The van der Waals surface area contributed by atoms with Crippen molar-refractivity contribution in [1.82, 2.24) is 0 Å². The summed E-state index contributed by atoms with van der Waals surface area (Å²) in [6.45, 7) is -1.50. The first-order valence-corrected chi connectivity index (χ1v) is 12.9. The van der Waals surface area contributed by atoms with E-state index in [1.54, 1.807) is 0 Å². The predicted molar refractivity (Wildman–Crippen MR) is 138 cm³/mol. The summed E-state index contributed by atoms with van der Waals surface area (Å²) >= 11 is 0. The largest absolute Gasteiger partial charge is 0.508 e. The molecule has 10 atom stereocenters. The van der Waals surface area contributed by atoms with Crippen molar-refractivity contribution in [3.63, 3.8) is 0 Å². The molecule has 3 aromatic rings. The Hall–Kier alpha value is -3.35. The Labute approximate surface area is 236 Å². The van der Waals surface area contributed by atoms with E-state index in [1.807, 2.05) is 0 Å². The van der Waals surface area contributed by atoms with Gasteiger partial charge in [0.15, 0.2) is 17.8 Å². The van der Waals surface area contributed by atoms with Crippen molar-refractivity contribution in [2.45, 2.75) is 61.4 Å². The van der Waals surface area contributed by atoms with Crippen molar-refractivity contribution < 1.29 is 69.3 Å². The minimum atomic E-state index is -1.86. The Morgan fingerprint density at radius 1 is 0.738 bits per heavy atom. The summed E-state index contributed by atoms with van der Waals surface area (Å²) in [6, 6.07) is 9.26. The molecule has 10 unspecified atom stereocenters. The molecule has 3 heterocycles. The molecule has 228 valence electrons. The highest BCUT2D eigenvalue weighted by molar-refractivity contribution is 5.86. The smallest absolute Gasteiger partial charge is 0.229 e. The molecule has 15 nitrogen and oxygen atoms in total. The van der Waals surface area contributed by atoms with Crippen LogP contribution in [0.5, 0.6) is 17.2 Å². The molecule has 0 spiro atoms. The van der Waals surface area contributed by atoms with E-state index in [4.69, 9.17) is 23.4 Å². The molecule has 9 N–H and O–H groups in total. The van der Waals surface area contributed by atoms with Gasteiger partial charge in [0.1, 0.15) is 76.7 Å². The highest BCUT2D eigenvalue weighted by atomic mass is 16.8. The lowest BCUT2D eigenvalue weighted by Crippen LogP contribution is -2.65. The van der Waals surface area contributed by atoms with Crippen molar-refractivity contribution in [3.05, 3.63) is 52.7 Å². The highest BCUT2D eigenvalue weighted by Gasteiger charge is 2.51. The molecule has 15 heteroatoms. The Balaban J connectivity index is 1.47. The fourth-order valence-electron chi connectivity index (χ4n) is 4.84. The fourth-order valence-corrected chi connectivity index (χ4v) is 4.84. The Morgan fingerprint density at radius 3 is 2.00 bits per heavy atom. The minimum Gasteiger partial charge on any atom is -0.508 e. The zero-order valence-corrected chi connectivity index (χ0v) is 21.7. The predicted octanol–water partition coefficient (Wildman–Crippen LogP) is -2.13. The lowest BCUT2D eigenvalue weighted by Gasteiger charge is -2.45. The summed E-state index contributed by atoms with van der Waals surface area (Å²) in [5.74, 6) is -0.592. The van der Waals surface area contributed by atoms with Gasteiger partial charge in [0.05, 0.1) is 13.2 Å². The minimum absolute atomic E-state index is 0.00308. The summed E-state index contributed by atoms with van der Waals surface area (Å²) < 4.78 is 28.2. The number of phenols is 2. The topological polar surface area (TPSA) is 249 Å².